The molecule has 1 aliphatic heterocycles. The lowest BCUT2D eigenvalue weighted by molar-refractivity contribution is -0.131. The fraction of sp³-hybridized carbons (Fsp3) is 0.588. The van der Waals surface area contributed by atoms with Crippen LogP contribution in [-0.4, -0.2) is 44.0 Å². The Balaban J connectivity index is 1.72. The molecule has 1 heterocycles. The molecular formula is C17H23FN2O3S. The number of rotatable bonds is 4. The van der Waals surface area contributed by atoms with Gasteiger partial charge in [-0.25, -0.2) is 17.1 Å². The van der Waals surface area contributed by atoms with Gasteiger partial charge in [0.05, 0.1) is 11.7 Å². The van der Waals surface area contributed by atoms with Crippen LogP contribution in [0.25, 0.3) is 0 Å². The van der Waals surface area contributed by atoms with E-state index in [1.807, 2.05) is 0 Å². The van der Waals surface area contributed by atoms with E-state index < -0.39 is 15.4 Å². The van der Waals surface area contributed by atoms with Gasteiger partial charge in [0.1, 0.15) is 5.82 Å². The fourth-order valence-electron chi connectivity index (χ4n) is 3.63. The summed E-state index contributed by atoms with van der Waals surface area (Å²) in [6.45, 7) is 0.832. The van der Waals surface area contributed by atoms with E-state index >= 15 is 0 Å². The van der Waals surface area contributed by atoms with E-state index in [1.54, 1.807) is 12.1 Å². The van der Waals surface area contributed by atoms with Gasteiger partial charge in [-0.05, 0) is 43.4 Å². The van der Waals surface area contributed by atoms with Gasteiger partial charge in [-0.15, -0.1) is 0 Å². The van der Waals surface area contributed by atoms with E-state index in [4.69, 9.17) is 0 Å². The van der Waals surface area contributed by atoms with Crippen LogP contribution in [0.5, 0.6) is 0 Å². The quantitative estimate of drug-likeness (QED) is 0.896. The van der Waals surface area contributed by atoms with Gasteiger partial charge in [-0.2, -0.15) is 0 Å². The van der Waals surface area contributed by atoms with Crippen molar-refractivity contribution in [3.05, 3.63) is 35.6 Å². The molecule has 3 rings (SSSR count). The molecule has 1 amide bonds. The molecular weight excluding hydrogens is 331 g/mol. The maximum absolute atomic E-state index is 13.2. The molecule has 5 nitrogen and oxygen atoms in total. The summed E-state index contributed by atoms with van der Waals surface area (Å²) in [7, 11) is -3.24. The lowest BCUT2D eigenvalue weighted by Crippen LogP contribution is -2.56. The Hall–Kier alpha value is -1.47. The topological polar surface area (TPSA) is 66.5 Å². The van der Waals surface area contributed by atoms with Crippen LogP contribution in [0.4, 0.5) is 4.39 Å². The highest BCUT2D eigenvalue weighted by atomic mass is 32.2. The number of benzene rings is 1. The third kappa shape index (κ3) is 3.32. The van der Waals surface area contributed by atoms with Gasteiger partial charge in [-0.1, -0.05) is 18.6 Å². The van der Waals surface area contributed by atoms with Crippen LogP contribution < -0.4 is 5.32 Å². The molecule has 1 saturated carbocycles. The first-order valence-electron chi connectivity index (χ1n) is 8.33. The molecule has 0 radical (unpaired) electrons. The minimum absolute atomic E-state index is 0.0688. The number of nitrogens with one attached hydrogen (secondary N) is 1. The summed E-state index contributed by atoms with van der Waals surface area (Å²) in [5.74, 6) is -0.384. The van der Waals surface area contributed by atoms with Crippen LogP contribution in [0.3, 0.4) is 0 Å². The Morgan fingerprint density at radius 3 is 2.46 bits per heavy atom. The Morgan fingerprint density at radius 1 is 1.25 bits per heavy atom. The predicted molar refractivity (Wildman–Crippen MR) is 89.5 cm³/mol. The highest BCUT2D eigenvalue weighted by Gasteiger charge is 2.46. The smallest absolute Gasteiger partial charge is 0.230 e. The monoisotopic (exact) mass is 354 g/mol. The molecule has 1 N–H and O–H groups in total. The predicted octanol–water partition coefficient (Wildman–Crippen LogP) is 1.79. The largest absolute Gasteiger partial charge is 0.351 e. The highest BCUT2D eigenvalue weighted by Crippen LogP contribution is 2.44. The number of hydrogen-bond donors (Lipinski definition) is 1. The Bertz CT molecular complexity index is 714. The summed E-state index contributed by atoms with van der Waals surface area (Å²) >= 11 is 0. The number of hydrogen-bond acceptors (Lipinski definition) is 3. The molecule has 0 unspecified atom stereocenters. The van der Waals surface area contributed by atoms with Gasteiger partial charge in [-0.3, -0.25) is 4.79 Å². The van der Waals surface area contributed by atoms with Crippen molar-refractivity contribution in [1.29, 1.82) is 0 Å². The number of sulfonamides is 1. The Kier molecular flexibility index (Phi) is 4.66. The summed E-state index contributed by atoms with van der Waals surface area (Å²) in [5.41, 5.74) is 0.240. The van der Waals surface area contributed by atoms with E-state index in [-0.39, 0.29) is 17.8 Å². The van der Waals surface area contributed by atoms with Crippen LogP contribution in [0.15, 0.2) is 24.3 Å². The maximum atomic E-state index is 13.2. The highest BCUT2D eigenvalue weighted by molar-refractivity contribution is 7.88. The Morgan fingerprint density at radius 2 is 1.92 bits per heavy atom. The third-order valence-corrected chi connectivity index (χ3v) is 6.50. The maximum Gasteiger partial charge on any atom is 0.230 e. The van der Waals surface area contributed by atoms with Crippen molar-refractivity contribution < 1.29 is 17.6 Å². The second-order valence-electron chi connectivity index (χ2n) is 6.88. The first-order chi connectivity index (χ1) is 11.3. The average molecular weight is 354 g/mol. The lowest BCUT2D eigenvalue weighted by atomic mass is 9.63. The number of carbonyl (C=O) groups excluding carboxylic acids is 1. The molecule has 1 saturated heterocycles. The van der Waals surface area contributed by atoms with Crippen molar-refractivity contribution in [3.8, 4) is 0 Å². The molecule has 1 aliphatic carbocycles. The minimum atomic E-state index is -3.24. The molecule has 0 bridgehead atoms. The SMILES string of the molecule is CS(=O)(=O)N1CCC[C@@H](NC(=O)C2(c3ccc(F)cc3)CCC2)C1. The Labute approximate surface area is 142 Å². The summed E-state index contributed by atoms with van der Waals surface area (Å²) < 4.78 is 38.0. The molecule has 2 fully saturated rings. The van der Waals surface area contributed by atoms with Crippen molar-refractivity contribution in [2.24, 2.45) is 0 Å². The molecule has 1 atom stereocenters. The zero-order valence-corrected chi connectivity index (χ0v) is 14.6. The zero-order chi connectivity index (χ0) is 17.4. The van der Waals surface area contributed by atoms with Gasteiger partial charge >= 0.3 is 0 Å². The minimum Gasteiger partial charge on any atom is -0.351 e. The van der Waals surface area contributed by atoms with E-state index in [0.29, 0.717) is 13.1 Å². The van der Waals surface area contributed by atoms with Crippen molar-refractivity contribution >= 4 is 15.9 Å². The normalized spacial score (nSPS) is 24.2. The van der Waals surface area contributed by atoms with Crippen molar-refractivity contribution in [2.45, 2.75) is 43.6 Å². The number of carbonyl (C=O) groups is 1. The van der Waals surface area contributed by atoms with Crippen LogP contribution in [-0.2, 0) is 20.2 Å². The molecule has 1 aromatic rings. The molecule has 0 spiro atoms. The van der Waals surface area contributed by atoms with Crippen LogP contribution in [0.2, 0.25) is 0 Å². The van der Waals surface area contributed by atoms with Crippen molar-refractivity contribution in [2.75, 3.05) is 19.3 Å². The second-order valence-corrected chi connectivity index (χ2v) is 8.86. The standard InChI is InChI=1S/C17H23FN2O3S/c1-24(22,23)20-11-2-4-15(12-20)19-16(21)17(9-3-10-17)13-5-7-14(18)8-6-13/h5-8,15H,2-4,9-12H2,1H3,(H,19,21)/t15-/m1/s1. The van der Waals surface area contributed by atoms with Crippen LogP contribution in [0.1, 0.15) is 37.7 Å². The summed E-state index contributed by atoms with van der Waals surface area (Å²) in [4.78, 5) is 12.9. The number of amides is 1. The second kappa shape index (κ2) is 6.44. The molecule has 132 valence electrons. The van der Waals surface area contributed by atoms with Crippen molar-refractivity contribution in [1.82, 2.24) is 9.62 Å². The molecule has 24 heavy (non-hydrogen) atoms. The number of halogens is 1. The van der Waals surface area contributed by atoms with Crippen LogP contribution in [0, 0.1) is 5.82 Å². The molecule has 7 heteroatoms. The first-order valence-corrected chi connectivity index (χ1v) is 10.2. The van der Waals surface area contributed by atoms with Gasteiger partial charge in [0.15, 0.2) is 0 Å². The van der Waals surface area contributed by atoms with Crippen LogP contribution >= 0.6 is 0 Å². The molecule has 2 aliphatic rings. The van der Waals surface area contributed by atoms with E-state index in [9.17, 15) is 17.6 Å². The molecule has 1 aromatic carbocycles. The summed E-state index contributed by atoms with van der Waals surface area (Å²) in [6.07, 6.45) is 5.16. The number of nitrogens with zero attached hydrogens (tertiary/aromatic N) is 1. The van der Waals surface area contributed by atoms with E-state index in [2.05, 4.69) is 5.32 Å². The first kappa shape index (κ1) is 17.4. The van der Waals surface area contributed by atoms with E-state index in [0.717, 1.165) is 37.7 Å². The van der Waals surface area contributed by atoms with Gasteiger partial charge in [0.25, 0.3) is 0 Å². The number of piperidine rings is 1. The summed E-state index contributed by atoms with van der Waals surface area (Å²) in [5, 5.41) is 3.04. The van der Waals surface area contributed by atoms with Gasteiger partial charge in [0.2, 0.25) is 15.9 Å². The van der Waals surface area contributed by atoms with Crippen molar-refractivity contribution in [3.63, 3.8) is 0 Å². The van der Waals surface area contributed by atoms with Gasteiger partial charge < -0.3 is 5.32 Å². The van der Waals surface area contributed by atoms with Gasteiger partial charge in [0, 0.05) is 19.1 Å². The fourth-order valence-corrected chi connectivity index (χ4v) is 4.54. The average Bonchev–Trinajstić information content (AvgIpc) is 2.47. The molecule has 0 aromatic heterocycles. The summed E-state index contributed by atoms with van der Waals surface area (Å²) in [6, 6.07) is 5.96. The zero-order valence-electron chi connectivity index (χ0n) is 13.8. The lowest BCUT2D eigenvalue weighted by Gasteiger charge is -2.42. The van der Waals surface area contributed by atoms with E-state index in [1.165, 1.54) is 22.7 Å². The third-order valence-electron chi connectivity index (χ3n) is 5.23.